The van der Waals surface area contributed by atoms with E-state index in [4.69, 9.17) is 9.84 Å². The fraction of sp³-hybridized carbons (Fsp3) is 0.750. The smallest absolute Gasteiger partial charge is 0.309 e. The van der Waals surface area contributed by atoms with Gasteiger partial charge in [0.15, 0.2) is 0 Å². The average Bonchev–Trinajstić information content (AvgIpc) is 2.67. The molecule has 1 saturated carbocycles. The molecule has 4 heteroatoms. The maximum atomic E-state index is 11.0. The van der Waals surface area contributed by atoms with Gasteiger partial charge in [0.25, 0.3) is 0 Å². The lowest BCUT2D eigenvalue weighted by atomic mass is 10.2. The average molecular weight is 172 g/mol. The molecule has 1 aliphatic carbocycles. The summed E-state index contributed by atoms with van der Waals surface area (Å²) in [6, 6.07) is 0. The highest BCUT2D eigenvalue weighted by Gasteiger charge is 2.45. The lowest BCUT2D eigenvalue weighted by Gasteiger charge is -1.98. The van der Waals surface area contributed by atoms with E-state index < -0.39 is 5.97 Å². The van der Waals surface area contributed by atoms with Crippen LogP contribution >= 0.6 is 0 Å². The van der Waals surface area contributed by atoms with E-state index in [1.54, 1.807) is 6.92 Å². The molecule has 68 valence electrons. The van der Waals surface area contributed by atoms with E-state index in [-0.39, 0.29) is 24.2 Å². The minimum Gasteiger partial charge on any atom is -0.481 e. The maximum Gasteiger partial charge on any atom is 0.309 e. The molecular formula is C8H12O4. The van der Waals surface area contributed by atoms with Crippen LogP contribution in [0.3, 0.4) is 0 Å². The summed E-state index contributed by atoms with van der Waals surface area (Å²) in [4.78, 5) is 21.2. The van der Waals surface area contributed by atoms with Crippen molar-refractivity contribution in [2.75, 3.05) is 6.61 Å². The van der Waals surface area contributed by atoms with Crippen molar-refractivity contribution in [2.24, 2.45) is 11.8 Å². The molecule has 2 atom stereocenters. The van der Waals surface area contributed by atoms with Crippen LogP contribution in [0.4, 0.5) is 0 Å². The molecule has 1 rings (SSSR count). The van der Waals surface area contributed by atoms with Gasteiger partial charge in [0.2, 0.25) is 0 Å². The van der Waals surface area contributed by atoms with E-state index in [1.807, 2.05) is 0 Å². The van der Waals surface area contributed by atoms with E-state index in [0.717, 1.165) is 0 Å². The Balaban J connectivity index is 2.23. The Morgan fingerprint density at radius 2 is 2.25 bits per heavy atom. The van der Waals surface area contributed by atoms with Gasteiger partial charge in [-0.25, -0.2) is 0 Å². The number of rotatable bonds is 4. The lowest BCUT2D eigenvalue weighted by molar-refractivity contribution is -0.145. The minimum absolute atomic E-state index is 0.0153. The molecule has 1 N–H and O–H groups in total. The standard InChI is InChI=1S/C8H12O4/c1-2-12-8(11)6-3-5(6)4-7(9)10/h5-6H,2-4H2,1H3,(H,9,10). The third-order valence-corrected chi connectivity index (χ3v) is 1.95. The summed E-state index contributed by atoms with van der Waals surface area (Å²) < 4.78 is 4.75. The van der Waals surface area contributed by atoms with Gasteiger partial charge in [0, 0.05) is 6.42 Å². The number of hydrogen-bond donors (Lipinski definition) is 1. The number of carboxylic acids is 1. The van der Waals surface area contributed by atoms with Gasteiger partial charge in [-0.15, -0.1) is 0 Å². The molecule has 0 bridgehead atoms. The zero-order valence-electron chi connectivity index (χ0n) is 6.95. The first-order valence-corrected chi connectivity index (χ1v) is 4.03. The molecule has 0 aromatic heterocycles. The lowest BCUT2D eigenvalue weighted by Crippen LogP contribution is -2.08. The topological polar surface area (TPSA) is 63.6 Å². The van der Waals surface area contributed by atoms with Crippen molar-refractivity contribution >= 4 is 11.9 Å². The predicted molar refractivity (Wildman–Crippen MR) is 40.5 cm³/mol. The molecule has 0 heterocycles. The number of carboxylic acid groups (broad SMARTS) is 1. The first kappa shape index (κ1) is 9.03. The summed E-state index contributed by atoms with van der Waals surface area (Å²) >= 11 is 0. The Hall–Kier alpha value is -1.06. The van der Waals surface area contributed by atoms with Gasteiger partial charge in [0.05, 0.1) is 12.5 Å². The molecule has 1 aliphatic rings. The van der Waals surface area contributed by atoms with Crippen molar-refractivity contribution in [2.45, 2.75) is 19.8 Å². The van der Waals surface area contributed by atoms with Gasteiger partial charge in [0.1, 0.15) is 0 Å². The first-order chi connectivity index (χ1) is 5.65. The summed E-state index contributed by atoms with van der Waals surface area (Å²) in [7, 11) is 0. The van der Waals surface area contributed by atoms with Crippen molar-refractivity contribution in [3.63, 3.8) is 0 Å². The molecule has 0 spiro atoms. The van der Waals surface area contributed by atoms with Crippen LogP contribution in [0.15, 0.2) is 0 Å². The number of hydrogen-bond acceptors (Lipinski definition) is 3. The highest BCUT2D eigenvalue weighted by molar-refractivity contribution is 5.77. The fourth-order valence-corrected chi connectivity index (χ4v) is 1.24. The SMILES string of the molecule is CCOC(=O)C1CC1CC(=O)O. The second-order valence-electron chi connectivity index (χ2n) is 2.95. The highest BCUT2D eigenvalue weighted by Crippen LogP contribution is 2.41. The monoisotopic (exact) mass is 172 g/mol. The zero-order chi connectivity index (χ0) is 9.14. The third-order valence-electron chi connectivity index (χ3n) is 1.95. The van der Waals surface area contributed by atoms with Crippen LogP contribution < -0.4 is 0 Å². The summed E-state index contributed by atoms with van der Waals surface area (Å²) in [5, 5.41) is 8.40. The Morgan fingerprint density at radius 1 is 1.58 bits per heavy atom. The summed E-state index contributed by atoms with van der Waals surface area (Å²) in [6.07, 6.45) is 0.759. The Kier molecular flexibility index (Phi) is 2.68. The van der Waals surface area contributed by atoms with Crippen LogP contribution in [0.2, 0.25) is 0 Å². The Morgan fingerprint density at radius 3 is 2.75 bits per heavy atom. The van der Waals surface area contributed by atoms with Crippen LogP contribution in [0.25, 0.3) is 0 Å². The normalized spacial score (nSPS) is 26.4. The molecule has 1 fully saturated rings. The van der Waals surface area contributed by atoms with E-state index in [9.17, 15) is 9.59 Å². The predicted octanol–water partition coefficient (Wildman–Crippen LogP) is 0.660. The Bertz CT molecular complexity index is 199. The van der Waals surface area contributed by atoms with Crippen LogP contribution in [0.1, 0.15) is 19.8 Å². The quantitative estimate of drug-likeness (QED) is 0.633. The number of ether oxygens (including phenoxy) is 1. The second-order valence-corrected chi connectivity index (χ2v) is 2.95. The molecule has 0 aromatic rings. The van der Waals surface area contributed by atoms with Gasteiger partial charge in [-0.05, 0) is 19.3 Å². The largest absolute Gasteiger partial charge is 0.481 e. The summed E-state index contributed by atoms with van der Waals surface area (Å²) in [5.41, 5.74) is 0. The number of carbonyl (C=O) groups is 2. The third kappa shape index (κ3) is 2.22. The number of aliphatic carboxylic acids is 1. The number of carbonyl (C=O) groups excluding carboxylic acids is 1. The van der Waals surface area contributed by atoms with Crippen LogP contribution in [0.5, 0.6) is 0 Å². The summed E-state index contributed by atoms with van der Waals surface area (Å²) in [6.45, 7) is 2.11. The van der Waals surface area contributed by atoms with E-state index in [2.05, 4.69) is 0 Å². The molecule has 12 heavy (non-hydrogen) atoms. The van der Waals surface area contributed by atoms with E-state index >= 15 is 0 Å². The minimum atomic E-state index is -0.841. The van der Waals surface area contributed by atoms with Crippen molar-refractivity contribution in [1.29, 1.82) is 0 Å². The zero-order valence-corrected chi connectivity index (χ0v) is 6.95. The van der Waals surface area contributed by atoms with Gasteiger partial charge in [-0.3, -0.25) is 9.59 Å². The van der Waals surface area contributed by atoms with Crippen molar-refractivity contribution in [3.8, 4) is 0 Å². The van der Waals surface area contributed by atoms with Crippen molar-refractivity contribution < 1.29 is 19.4 Å². The van der Waals surface area contributed by atoms with Crippen molar-refractivity contribution in [3.05, 3.63) is 0 Å². The summed E-state index contributed by atoms with van der Waals surface area (Å²) in [5.74, 6) is -1.22. The first-order valence-electron chi connectivity index (χ1n) is 4.03. The van der Waals surface area contributed by atoms with Gasteiger partial charge in [-0.2, -0.15) is 0 Å². The van der Waals surface area contributed by atoms with E-state index in [0.29, 0.717) is 13.0 Å². The molecule has 2 unspecified atom stereocenters. The molecular weight excluding hydrogens is 160 g/mol. The second kappa shape index (κ2) is 3.56. The maximum absolute atomic E-state index is 11.0. The Labute approximate surface area is 70.5 Å². The molecule has 0 saturated heterocycles. The van der Waals surface area contributed by atoms with Crippen molar-refractivity contribution in [1.82, 2.24) is 0 Å². The number of esters is 1. The molecule has 4 nitrogen and oxygen atoms in total. The van der Waals surface area contributed by atoms with Crippen LogP contribution in [-0.4, -0.2) is 23.7 Å². The van der Waals surface area contributed by atoms with Gasteiger partial charge in [-0.1, -0.05) is 0 Å². The highest BCUT2D eigenvalue weighted by atomic mass is 16.5. The molecule has 0 radical (unpaired) electrons. The van der Waals surface area contributed by atoms with Gasteiger partial charge >= 0.3 is 11.9 Å². The molecule has 0 amide bonds. The fourth-order valence-electron chi connectivity index (χ4n) is 1.24. The van der Waals surface area contributed by atoms with Gasteiger partial charge < -0.3 is 9.84 Å². The molecule has 0 aromatic carbocycles. The van der Waals surface area contributed by atoms with Crippen LogP contribution in [-0.2, 0) is 14.3 Å². The van der Waals surface area contributed by atoms with E-state index in [1.165, 1.54) is 0 Å². The molecule has 0 aliphatic heterocycles. The van der Waals surface area contributed by atoms with Crippen LogP contribution in [0, 0.1) is 11.8 Å².